The maximum Gasteiger partial charge on any atom is 0.417 e. The molecule has 4 rings (SSSR count). The van der Waals surface area contributed by atoms with E-state index in [0.29, 0.717) is 6.07 Å². The second-order valence-electron chi connectivity index (χ2n) is 9.01. The summed E-state index contributed by atoms with van der Waals surface area (Å²) in [6, 6.07) is 8.52. The van der Waals surface area contributed by atoms with E-state index in [1.165, 1.54) is 30.9 Å². The van der Waals surface area contributed by atoms with Crippen molar-refractivity contribution in [3.05, 3.63) is 82.0 Å². The van der Waals surface area contributed by atoms with Crippen LogP contribution in [0.5, 0.6) is 0 Å². The first-order valence-electron chi connectivity index (χ1n) is 11.8. The molecule has 0 radical (unpaired) electrons. The van der Waals surface area contributed by atoms with Gasteiger partial charge in [0.15, 0.2) is 0 Å². The largest absolute Gasteiger partial charge is 0.417 e. The molecule has 1 aliphatic rings. The Labute approximate surface area is 226 Å². The molecule has 1 saturated heterocycles. The molecule has 0 atom stereocenters. The van der Waals surface area contributed by atoms with Crippen LogP contribution in [0.1, 0.15) is 32.7 Å². The summed E-state index contributed by atoms with van der Waals surface area (Å²) in [5, 5.41) is 9.86. The third-order valence-electron chi connectivity index (χ3n) is 6.47. The van der Waals surface area contributed by atoms with E-state index in [9.17, 15) is 40.4 Å². The molecular formula is C26H22F5N5O3S. The van der Waals surface area contributed by atoms with E-state index in [0.717, 1.165) is 24.3 Å². The van der Waals surface area contributed by atoms with Gasteiger partial charge in [0.2, 0.25) is 0 Å². The van der Waals surface area contributed by atoms with Gasteiger partial charge in [-0.1, -0.05) is 12.1 Å². The van der Waals surface area contributed by atoms with E-state index >= 15 is 0 Å². The van der Waals surface area contributed by atoms with Crippen molar-refractivity contribution in [2.45, 2.75) is 24.9 Å². The van der Waals surface area contributed by atoms with Crippen LogP contribution in [0.4, 0.5) is 33.5 Å². The summed E-state index contributed by atoms with van der Waals surface area (Å²) in [6.07, 6.45) is -4.69. The van der Waals surface area contributed by atoms with E-state index in [1.54, 1.807) is 4.90 Å². The quantitative estimate of drug-likeness (QED) is 0.442. The van der Waals surface area contributed by atoms with Gasteiger partial charge in [-0.25, -0.2) is 22.2 Å². The van der Waals surface area contributed by atoms with Crippen molar-refractivity contribution in [1.82, 2.24) is 9.88 Å². The van der Waals surface area contributed by atoms with Crippen molar-refractivity contribution >= 4 is 27.4 Å². The summed E-state index contributed by atoms with van der Waals surface area (Å²) in [4.78, 5) is 19.5. The third-order valence-corrected chi connectivity index (χ3v) is 7.85. The first kappa shape index (κ1) is 28.8. The fourth-order valence-electron chi connectivity index (χ4n) is 4.44. The second kappa shape index (κ2) is 10.7. The summed E-state index contributed by atoms with van der Waals surface area (Å²) in [5.41, 5.74) is -1.16. The molecule has 0 unspecified atom stereocenters. The average Bonchev–Trinajstić information content (AvgIpc) is 2.90. The van der Waals surface area contributed by atoms with Gasteiger partial charge < -0.3 is 9.80 Å². The highest BCUT2D eigenvalue weighted by Crippen LogP contribution is 2.34. The number of alkyl halides is 3. The Balaban J connectivity index is 1.57. The van der Waals surface area contributed by atoms with Crippen LogP contribution in [0.25, 0.3) is 0 Å². The monoisotopic (exact) mass is 579 g/mol. The van der Waals surface area contributed by atoms with Gasteiger partial charge in [-0.3, -0.25) is 9.52 Å². The summed E-state index contributed by atoms with van der Waals surface area (Å²) in [6.45, 7) is 3.34. The number of amides is 1. The molecule has 1 amide bonds. The number of pyridine rings is 1. The number of carbonyl (C=O) groups is 1. The van der Waals surface area contributed by atoms with E-state index in [1.807, 2.05) is 6.07 Å². The molecule has 0 bridgehead atoms. The Morgan fingerprint density at radius 1 is 1.05 bits per heavy atom. The number of sulfonamides is 1. The fraction of sp³-hybridized carbons (Fsp3) is 0.269. The number of anilines is 2. The molecule has 1 aromatic heterocycles. The van der Waals surface area contributed by atoms with Gasteiger partial charge in [-0.15, -0.1) is 0 Å². The van der Waals surface area contributed by atoms with Crippen molar-refractivity contribution in [3.63, 3.8) is 0 Å². The summed E-state index contributed by atoms with van der Waals surface area (Å²) in [7, 11) is -4.50. The van der Waals surface area contributed by atoms with Crippen LogP contribution < -0.4 is 9.62 Å². The predicted octanol–water partition coefficient (Wildman–Crippen LogP) is 4.63. The Kier molecular flexibility index (Phi) is 7.71. The van der Waals surface area contributed by atoms with Gasteiger partial charge in [-0.2, -0.15) is 18.4 Å². The Bertz CT molecular complexity index is 1630. The topological polar surface area (TPSA) is 106 Å². The zero-order valence-electron chi connectivity index (χ0n) is 21.2. The summed E-state index contributed by atoms with van der Waals surface area (Å²) < 4.78 is 95.5. The molecule has 14 heteroatoms. The number of rotatable bonds is 5. The molecule has 40 heavy (non-hydrogen) atoms. The van der Waals surface area contributed by atoms with Gasteiger partial charge in [0, 0.05) is 32.2 Å². The number of nitriles is 1. The lowest BCUT2D eigenvalue weighted by atomic mass is 10.0. The lowest BCUT2D eigenvalue weighted by Crippen LogP contribution is -2.49. The fourth-order valence-corrected chi connectivity index (χ4v) is 5.68. The maximum atomic E-state index is 14.2. The molecule has 0 spiro atoms. The number of nitrogens with one attached hydrogen (secondary N) is 1. The average molecular weight is 580 g/mol. The Hall–Kier alpha value is -4.25. The molecule has 0 aliphatic carbocycles. The minimum Gasteiger partial charge on any atom is -0.352 e. The SMILES string of the molecule is Cc1nc(N2CCN(C(=O)c3ccccc3C(F)(F)F)CC2)c(C#N)c(C)c1NS(=O)(=O)c1ccc(F)cc1F. The Morgan fingerprint density at radius 3 is 2.30 bits per heavy atom. The first-order valence-corrected chi connectivity index (χ1v) is 13.3. The number of hydrogen-bond acceptors (Lipinski definition) is 6. The minimum atomic E-state index is -4.69. The molecule has 8 nitrogen and oxygen atoms in total. The number of piperazine rings is 1. The van der Waals surface area contributed by atoms with Gasteiger partial charge >= 0.3 is 6.18 Å². The van der Waals surface area contributed by atoms with E-state index in [4.69, 9.17) is 0 Å². The maximum absolute atomic E-state index is 14.2. The smallest absolute Gasteiger partial charge is 0.352 e. The highest BCUT2D eigenvalue weighted by molar-refractivity contribution is 7.92. The van der Waals surface area contributed by atoms with Gasteiger partial charge in [0.05, 0.1) is 28.1 Å². The van der Waals surface area contributed by atoms with Crippen LogP contribution >= 0.6 is 0 Å². The molecule has 1 aliphatic heterocycles. The number of benzene rings is 2. The van der Waals surface area contributed by atoms with E-state index in [2.05, 4.69) is 9.71 Å². The van der Waals surface area contributed by atoms with Gasteiger partial charge in [0.25, 0.3) is 15.9 Å². The number of nitrogens with zero attached hydrogens (tertiary/aromatic N) is 4. The number of aromatic nitrogens is 1. The molecule has 1 N–H and O–H groups in total. The lowest BCUT2D eigenvalue weighted by Gasteiger charge is -2.36. The van der Waals surface area contributed by atoms with Crippen molar-refractivity contribution in [3.8, 4) is 6.07 Å². The molecule has 3 aromatic rings. The molecule has 0 saturated carbocycles. The molecule has 2 aromatic carbocycles. The predicted molar refractivity (Wildman–Crippen MR) is 135 cm³/mol. The van der Waals surface area contributed by atoms with Crippen LogP contribution in [0, 0.1) is 36.8 Å². The number of aryl methyl sites for hydroxylation is 1. The normalized spacial score (nSPS) is 14.2. The van der Waals surface area contributed by atoms with Crippen LogP contribution in [-0.2, 0) is 16.2 Å². The van der Waals surface area contributed by atoms with E-state index in [-0.39, 0.29) is 54.5 Å². The third kappa shape index (κ3) is 5.55. The van der Waals surface area contributed by atoms with Crippen molar-refractivity contribution < 1.29 is 35.2 Å². The molecule has 210 valence electrons. The zero-order chi connectivity index (χ0) is 29.4. The minimum absolute atomic E-state index is 0.0186. The van der Waals surface area contributed by atoms with Gasteiger partial charge in [0.1, 0.15) is 28.4 Å². The Morgan fingerprint density at radius 2 is 1.70 bits per heavy atom. The zero-order valence-corrected chi connectivity index (χ0v) is 22.0. The molecule has 1 fully saturated rings. The second-order valence-corrected chi connectivity index (χ2v) is 10.7. The van der Waals surface area contributed by atoms with Crippen molar-refractivity contribution in [2.75, 3.05) is 35.8 Å². The number of carbonyl (C=O) groups excluding carboxylic acids is 1. The van der Waals surface area contributed by atoms with E-state index < -0.39 is 49.8 Å². The van der Waals surface area contributed by atoms with Crippen LogP contribution in [0.3, 0.4) is 0 Å². The highest BCUT2D eigenvalue weighted by Gasteiger charge is 2.36. The van der Waals surface area contributed by atoms with Crippen LogP contribution in [-0.4, -0.2) is 50.4 Å². The van der Waals surface area contributed by atoms with Crippen molar-refractivity contribution in [2.24, 2.45) is 0 Å². The molecule has 2 heterocycles. The number of halogens is 5. The molecular weight excluding hydrogens is 557 g/mol. The standard InChI is InChI=1S/C26H22F5N5O3S/c1-15-19(14-32)24(33-16(2)23(15)34-40(38,39)22-8-7-17(27)13-21(22)28)35-9-11-36(12-10-35)25(37)18-5-3-4-6-20(18)26(29,30)31/h3-8,13,34H,9-12H2,1-2H3. The van der Waals surface area contributed by atoms with Crippen LogP contribution in [0.2, 0.25) is 0 Å². The summed E-state index contributed by atoms with van der Waals surface area (Å²) >= 11 is 0. The van der Waals surface area contributed by atoms with Gasteiger partial charge in [-0.05, 0) is 43.7 Å². The highest BCUT2D eigenvalue weighted by atomic mass is 32.2. The number of hydrogen-bond donors (Lipinski definition) is 1. The lowest BCUT2D eigenvalue weighted by molar-refractivity contribution is -0.138. The first-order chi connectivity index (χ1) is 18.7. The van der Waals surface area contributed by atoms with Crippen molar-refractivity contribution in [1.29, 1.82) is 5.26 Å². The van der Waals surface area contributed by atoms with Crippen LogP contribution in [0.15, 0.2) is 47.4 Å². The summed E-state index contributed by atoms with van der Waals surface area (Å²) in [5.74, 6) is -2.81.